The van der Waals surface area contributed by atoms with Crippen molar-refractivity contribution < 1.29 is 24.5 Å². The number of nitrogens with one attached hydrogen (secondary N) is 1. The lowest BCUT2D eigenvalue weighted by Crippen LogP contribution is -2.35. The van der Waals surface area contributed by atoms with E-state index >= 15 is 0 Å². The first kappa shape index (κ1) is 17.9. The highest BCUT2D eigenvalue weighted by atomic mass is 16.5. The van der Waals surface area contributed by atoms with Gasteiger partial charge in [0, 0.05) is 26.5 Å². The Morgan fingerprint density at radius 3 is 2.73 bits per heavy atom. The maximum absolute atomic E-state index is 12.4. The first-order valence-corrected chi connectivity index (χ1v) is 8.19. The van der Waals surface area contributed by atoms with Crippen molar-refractivity contribution in [3.63, 3.8) is 0 Å². The number of aromatic nitrogens is 2. The molecule has 0 bridgehead atoms. The van der Waals surface area contributed by atoms with Crippen LogP contribution in [0, 0.1) is 0 Å². The topological polar surface area (TPSA) is 131 Å². The zero-order valence-corrected chi connectivity index (χ0v) is 14.2. The molecule has 0 aromatic carbocycles. The fourth-order valence-corrected chi connectivity index (χ4v) is 3.12. The van der Waals surface area contributed by atoms with E-state index in [4.69, 9.17) is 9.84 Å². The summed E-state index contributed by atoms with van der Waals surface area (Å²) < 4.78 is 6.51. The second-order valence-corrected chi connectivity index (χ2v) is 6.19. The van der Waals surface area contributed by atoms with E-state index in [1.54, 1.807) is 12.3 Å². The summed E-state index contributed by atoms with van der Waals surface area (Å²) in [6.45, 7) is 0.634. The molecule has 9 heteroatoms. The second-order valence-electron chi connectivity index (χ2n) is 6.19. The molecule has 138 valence electrons. The molecule has 1 saturated heterocycles. The number of rotatable bonds is 4. The quantitative estimate of drug-likeness (QED) is 0.716. The van der Waals surface area contributed by atoms with Crippen LogP contribution in [0.1, 0.15) is 34.7 Å². The summed E-state index contributed by atoms with van der Waals surface area (Å²) in [6.07, 6.45) is 3.32. The average Bonchev–Trinajstić information content (AvgIpc) is 2.65. The highest BCUT2D eigenvalue weighted by molar-refractivity contribution is 6.02. The number of aromatic hydroxyl groups is 1. The number of carbonyl (C=O) groups is 2. The molecule has 26 heavy (non-hydrogen) atoms. The van der Waals surface area contributed by atoms with Gasteiger partial charge in [0.25, 0.3) is 11.5 Å². The number of amides is 1. The van der Waals surface area contributed by atoms with Gasteiger partial charge in [0.15, 0.2) is 0 Å². The third-order valence-corrected chi connectivity index (χ3v) is 4.54. The molecular weight excluding hydrogens is 342 g/mol. The molecule has 1 aliphatic heterocycles. The van der Waals surface area contributed by atoms with Crippen molar-refractivity contribution in [2.24, 2.45) is 7.05 Å². The van der Waals surface area contributed by atoms with E-state index < -0.39 is 35.3 Å². The summed E-state index contributed by atoms with van der Waals surface area (Å²) in [5, 5.41) is 21.6. The van der Waals surface area contributed by atoms with Crippen molar-refractivity contribution in [1.82, 2.24) is 14.9 Å². The third kappa shape index (κ3) is 3.25. The Kier molecular flexibility index (Phi) is 4.90. The summed E-state index contributed by atoms with van der Waals surface area (Å²) in [4.78, 5) is 39.5. The van der Waals surface area contributed by atoms with Crippen molar-refractivity contribution in [2.75, 3.05) is 19.8 Å². The van der Waals surface area contributed by atoms with Gasteiger partial charge in [-0.1, -0.05) is 0 Å². The maximum Gasteiger partial charge on any atom is 0.322 e. The normalized spacial score (nSPS) is 15.1. The van der Waals surface area contributed by atoms with Crippen LogP contribution in [-0.2, 0) is 16.6 Å². The van der Waals surface area contributed by atoms with E-state index in [-0.39, 0.29) is 17.0 Å². The average molecular weight is 361 g/mol. The van der Waals surface area contributed by atoms with Gasteiger partial charge in [-0.2, -0.15) is 0 Å². The summed E-state index contributed by atoms with van der Waals surface area (Å²) in [7, 11) is 1.44. The lowest BCUT2D eigenvalue weighted by Gasteiger charge is -2.22. The Hall–Kier alpha value is -2.94. The number of nitrogens with zero attached hydrogens (tertiary/aromatic N) is 2. The van der Waals surface area contributed by atoms with Crippen molar-refractivity contribution in [2.45, 2.75) is 18.8 Å². The number of hydrogen-bond donors (Lipinski definition) is 3. The van der Waals surface area contributed by atoms with Crippen LogP contribution < -0.4 is 10.9 Å². The summed E-state index contributed by atoms with van der Waals surface area (Å²) in [5.74, 6) is -2.46. The number of hydrogen-bond acceptors (Lipinski definition) is 6. The molecule has 2 aromatic rings. The molecule has 3 N–H and O–H groups in total. The van der Waals surface area contributed by atoms with E-state index in [9.17, 15) is 19.5 Å². The van der Waals surface area contributed by atoms with Gasteiger partial charge in [-0.05, 0) is 30.4 Å². The zero-order chi connectivity index (χ0) is 18.8. The highest BCUT2D eigenvalue weighted by Crippen LogP contribution is 2.31. The Morgan fingerprint density at radius 1 is 1.38 bits per heavy atom. The molecule has 3 rings (SSSR count). The van der Waals surface area contributed by atoms with Crippen LogP contribution in [0.3, 0.4) is 0 Å². The minimum atomic E-state index is -1.25. The number of aliphatic carboxylic acids is 1. The second kappa shape index (κ2) is 7.12. The Balaban J connectivity index is 2.09. The van der Waals surface area contributed by atoms with Crippen LogP contribution >= 0.6 is 0 Å². The Morgan fingerprint density at radius 2 is 2.08 bits per heavy atom. The monoisotopic (exact) mass is 361 g/mol. The van der Waals surface area contributed by atoms with Crippen LogP contribution in [0.2, 0.25) is 0 Å². The van der Waals surface area contributed by atoms with Gasteiger partial charge in [-0.25, -0.2) is 4.98 Å². The molecule has 1 amide bonds. The number of fused-ring (bicyclic) bond motifs is 1. The lowest BCUT2D eigenvalue weighted by atomic mass is 9.92. The molecule has 1 fully saturated rings. The number of pyridine rings is 2. The Labute approximate surface area is 148 Å². The lowest BCUT2D eigenvalue weighted by molar-refractivity contribution is -0.135. The van der Waals surface area contributed by atoms with Gasteiger partial charge < -0.3 is 20.3 Å². The predicted molar refractivity (Wildman–Crippen MR) is 91.4 cm³/mol. The van der Waals surface area contributed by atoms with Crippen LogP contribution in [-0.4, -0.2) is 51.4 Å². The number of carboxylic acids is 1. The van der Waals surface area contributed by atoms with Gasteiger partial charge >= 0.3 is 5.97 Å². The number of carboxylic acid groups (broad SMARTS) is 1. The number of ether oxygens (including phenoxy) is 1. The van der Waals surface area contributed by atoms with Gasteiger partial charge in [-0.15, -0.1) is 0 Å². The maximum atomic E-state index is 12.4. The SMILES string of the molecule is Cn1c(=O)c(C(=O)NCC(=O)O)c(O)c2cc(C3CCOCC3)cnc21. The largest absolute Gasteiger partial charge is 0.506 e. The van der Waals surface area contributed by atoms with Crippen LogP contribution in [0.4, 0.5) is 0 Å². The highest BCUT2D eigenvalue weighted by Gasteiger charge is 2.24. The standard InChI is InChI=1S/C17H19N3O6/c1-20-15-11(6-10(7-18-15)9-2-4-26-5-3-9)14(23)13(17(20)25)16(24)19-8-12(21)22/h6-7,9,23H,2-5,8H2,1H3,(H,19,24)(H,21,22). The first-order valence-electron chi connectivity index (χ1n) is 8.19. The predicted octanol–water partition coefficient (Wildman–Crippen LogP) is 0.348. The first-order chi connectivity index (χ1) is 12.4. The van der Waals surface area contributed by atoms with Crippen LogP contribution in [0.15, 0.2) is 17.1 Å². The summed E-state index contributed by atoms with van der Waals surface area (Å²) >= 11 is 0. The number of aryl methyl sites for hydroxylation is 1. The Bertz CT molecular complexity index is 930. The molecule has 0 atom stereocenters. The van der Waals surface area contributed by atoms with E-state index in [1.165, 1.54) is 11.6 Å². The van der Waals surface area contributed by atoms with E-state index in [1.807, 2.05) is 0 Å². The molecule has 0 spiro atoms. The molecule has 0 aliphatic carbocycles. The van der Waals surface area contributed by atoms with Crippen LogP contribution in [0.25, 0.3) is 11.0 Å². The fraction of sp³-hybridized carbons (Fsp3) is 0.412. The van der Waals surface area contributed by atoms with Crippen LogP contribution in [0.5, 0.6) is 5.75 Å². The smallest absolute Gasteiger partial charge is 0.322 e. The van der Waals surface area contributed by atoms with E-state index in [0.29, 0.717) is 13.2 Å². The van der Waals surface area contributed by atoms with Gasteiger partial charge in [0.1, 0.15) is 23.5 Å². The molecule has 1 aliphatic rings. The minimum Gasteiger partial charge on any atom is -0.506 e. The molecule has 3 heterocycles. The number of carbonyl (C=O) groups excluding carboxylic acids is 1. The zero-order valence-electron chi connectivity index (χ0n) is 14.2. The fourth-order valence-electron chi connectivity index (χ4n) is 3.12. The summed E-state index contributed by atoms with van der Waals surface area (Å²) in [5.41, 5.74) is -0.0962. The minimum absolute atomic E-state index is 0.224. The molecule has 0 unspecified atom stereocenters. The molecular formula is C17H19N3O6. The molecule has 0 radical (unpaired) electrons. The van der Waals surface area contributed by atoms with Crippen molar-refractivity contribution in [1.29, 1.82) is 0 Å². The molecule has 2 aromatic heterocycles. The van der Waals surface area contributed by atoms with E-state index in [2.05, 4.69) is 10.3 Å². The van der Waals surface area contributed by atoms with Crippen molar-refractivity contribution >= 4 is 22.9 Å². The van der Waals surface area contributed by atoms with Crippen molar-refractivity contribution in [3.8, 4) is 5.75 Å². The van der Waals surface area contributed by atoms with E-state index in [0.717, 1.165) is 18.4 Å². The van der Waals surface area contributed by atoms with Gasteiger partial charge in [0.2, 0.25) is 0 Å². The van der Waals surface area contributed by atoms with Crippen molar-refractivity contribution in [3.05, 3.63) is 33.7 Å². The van der Waals surface area contributed by atoms with Gasteiger partial charge in [-0.3, -0.25) is 19.0 Å². The molecule has 0 saturated carbocycles. The molecule has 9 nitrogen and oxygen atoms in total. The third-order valence-electron chi connectivity index (χ3n) is 4.54. The van der Waals surface area contributed by atoms with Gasteiger partial charge in [0.05, 0.1) is 5.39 Å². The summed E-state index contributed by atoms with van der Waals surface area (Å²) in [6, 6.07) is 1.72.